The van der Waals surface area contributed by atoms with Gasteiger partial charge in [-0.15, -0.1) is 0 Å². The van der Waals surface area contributed by atoms with E-state index >= 15 is 0 Å². The first kappa shape index (κ1) is 18.5. The van der Waals surface area contributed by atoms with Crippen LogP contribution in [0.1, 0.15) is 57.4 Å². The molecule has 4 nitrogen and oxygen atoms in total. The smallest absolute Gasteiger partial charge is 0.242 e. The number of benzene rings is 1. The molecule has 6 heteroatoms. The Hall–Kier alpha value is -0.880. The maximum atomic E-state index is 13.2. The van der Waals surface area contributed by atoms with Gasteiger partial charge in [0, 0.05) is 11.1 Å². The van der Waals surface area contributed by atoms with Crippen molar-refractivity contribution in [3.63, 3.8) is 0 Å². The predicted octanol–water partition coefficient (Wildman–Crippen LogP) is 4.08. The molecule has 2 fully saturated rings. The van der Waals surface area contributed by atoms with Gasteiger partial charge in [-0.3, -0.25) is 0 Å². The van der Waals surface area contributed by atoms with Crippen LogP contribution in [0.3, 0.4) is 0 Å². The lowest BCUT2D eigenvalue weighted by Crippen LogP contribution is -2.47. The maximum absolute atomic E-state index is 13.2. The van der Waals surface area contributed by atoms with E-state index in [1.165, 1.54) is 12.8 Å². The summed E-state index contributed by atoms with van der Waals surface area (Å²) >= 11 is 6.04. The van der Waals surface area contributed by atoms with Crippen molar-refractivity contribution in [3.05, 3.63) is 40.4 Å². The predicted molar refractivity (Wildman–Crippen MR) is 106 cm³/mol. The monoisotopic (exact) mass is 394 g/mol. The van der Waals surface area contributed by atoms with E-state index in [0.717, 1.165) is 55.7 Å². The molecule has 0 radical (unpaired) electrons. The molecular weight excluding hydrogens is 368 g/mol. The van der Waals surface area contributed by atoms with Crippen molar-refractivity contribution in [2.45, 2.75) is 63.5 Å². The Labute approximate surface area is 161 Å². The van der Waals surface area contributed by atoms with Crippen molar-refractivity contribution in [2.75, 3.05) is 6.54 Å². The highest BCUT2D eigenvalue weighted by atomic mass is 35.5. The second-order valence-corrected chi connectivity index (χ2v) is 9.99. The molecule has 3 aliphatic rings. The Morgan fingerprint density at radius 1 is 1.23 bits per heavy atom. The van der Waals surface area contributed by atoms with E-state index in [1.807, 2.05) is 12.1 Å². The molecular formula is C20H27ClN2O2S. The summed E-state index contributed by atoms with van der Waals surface area (Å²) in [5.41, 5.74) is 1.42. The van der Waals surface area contributed by atoms with E-state index in [0.29, 0.717) is 9.93 Å². The van der Waals surface area contributed by atoms with Crippen LogP contribution in [0.5, 0.6) is 0 Å². The zero-order valence-corrected chi connectivity index (χ0v) is 16.8. The van der Waals surface area contributed by atoms with Gasteiger partial charge in [0.1, 0.15) is 0 Å². The Morgan fingerprint density at radius 2 is 1.88 bits per heavy atom. The minimum Gasteiger partial charge on any atom is -0.310 e. The molecule has 142 valence electrons. The third-order valence-electron chi connectivity index (χ3n) is 5.99. The highest BCUT2D eigenvalue weighted by Crippen LogP contribution is 2.49. The number of sulfonamides is 1. The molecule has 1 spiro atoms. The van der Waals surface area contributed by atoms with Crippen LogP contribution in [0.25, 0.3) is 4.91 Å². The van der Waals surface area contributed by atoms with E-state index < -0.39 is 15.6 Å². The van der Waals surface area contributed by atoms with Crippen LogP contribution in [0.2, 0.25) is 5.02 Å². The molecule has 0 saturated heterocycles. The van der Waals surface area contributed by atoms with Gasteiger partial charge in [0.25, 0.3) is 0 Å². The lowest BCUT2D eigenvalue weighted by molar-refractivity contribution is 0.403. The van der Waals surface area contributed by atoms with Gasteiger partial charge in [-0.2, -0.15) is 0 Å². The normalized spacial score (nSPS) is 25.2. The van der Waals surface area contributed by atoms with Gasteiger partial charge in [0.2, 0.25) is 10.0 Å². The molecule has 1 aromatic rings. The standard InChI is InChI=1S/C20H27ClN2O2S/c1-2-22-17(13-14-5-6-14)18-19(15-7-9-16(21)10-8-15)26(24,25)23-20(18)11-3-4-12-20/h7-10,14,17,22-23H,2-6,11-13H2,1H3. The van der Waals surface area contributed by atoms with Gasteiger partial charge in [-0.05, 0) is 55.0 Å². The summed E-state index contributed by atoms with van der Waals surface area (Å²) in [6.45, 7) is 2.94. The van der Waals surface area contributed by atoms with Crippen LogP contribution >= 0.6 is 11.6 Å². The highest BCUT2D eigenvalue weighted by molar-refractivity contribution is 7.99. The fraction of sp³-hybridized carbons (Fsp3) is 0.600. The van der Waals surface area contributed by atoms with Gasteiger partial charge in [0.05, 0.1) is 10.4 Å². The number of halogens is 1. The fourth-order valence-electron chi connectivity index (χ4n) is 4.72. The SMILES string of the molecule is CCNC(CC1CC1)C1=C(c2ccc(Cl)cc2)S(=O)(=O)NC12CCCC2. The zero-order chi connectivity index (χ0) is 18.4. The molecule has 4 rings (SSSR count). The van der Waals surface area contributed by atoms with Gasteiger partial charge in [-0.25, -0.2) is 13.1 Å². The number of nitrogens with one attached hydrogen (secondary N) is 2. The summed E-state index contributed by atoms with van der Waals surface area (Å²) in [6.07, 6.45) is 7.48. The molecule has 2 N–H and O–H groups in total. The van der Waals surface area contributed by atoms with Gasteiger partial charge in [0.15, 0.2) is 0 Å². The average molecular weight is 395 g/mol. The van der Waals surface area contributed by atoms with Crippen LogP contribution in [0, 0.1) is 5.92 Å². The third-order valence-corrected chi connectivity index (χ3v) is 7.89. The maximum Gasteiger partial charge on any atom is 0.242 e. The fourth-order valence-corrected chi connectivity index (χ4v) is 6.85. The molecule has 1 unspecified atom stereocenters. The van der Waals surface area contributed by atoms with Gasteiger partial charge < -0.3 is 5.32 Å². The van der Waals surface area contributed by atoms with Gasteiger partial charge >= 0.3 is 0 Å². The van der Waals surface area contributed by atoms with E-state index in [-0.39, 0.29) is 6.04 Å². The van der Waals surface area contributed by atoms with Crippen LogP contribution in [-0.4, -0.2) is 26.5 Å². The van der Waals surface area contributed by atoms with Crippen molar-refractivity contribution in [3.8, 4) is 0 Å². The van der Waals surface area contributed by atoms with Crippen LogP contribution < -0.4 is 10.0 Å². The molecule has 2 aliphatic carbocycles. The van der Waals surface area contributed by atoms with Crippen LogP contribution in [0.4, 0.5) is 0 Å². The van der Waals surface area contributed by atoms with E-state index in [9.17, 15) is 8.42 Å². The summed E-state index contributed by atoms with van der Waals surface area (Å²) in [4.78, 5) is 0.489. The van der Waals surface area contributed by atoms with Crippen molar-refractivity contribution in [1.29, 1.82) is 0 Å². The second-order valence-electron chi connectivity index (χ2n) is 7.93. The van der Waals surface area contributed by atoms with E-state index in [1.54, 1.807) is 12.1 Å². The van der Waals surface area contributed by atoms with E-state index in [4.69, 9.17) is 11.6 Å². The summed E-state index contributed by atoms with van der Waals surface area (Å²) in [7, 11) is -3.53. The van der Waals surface area contributed by atoms with Crippen molar-refractivity contribution < 1.29 is 8.42 Å². The van der Waals surface area contributed by atoms with Crippen molar-refractivity contribution in [2.24, 2.45) is 5.92 Å². The summed E-state index contributed by atoms with van der Waals surface area (Å²) in [5.74, 6) is 0.722. The summed E-state index contributed by atoms with van der Waals surface area (Å²) in [6, 6.07) is 7.34. The molecule has 2 saturated carbocycles. The Bertz CT molecular complexity index is 807. The van der Waals surface area contributed by atoms with Crippen LogP contribution in [0.15, 0.2) is 29.8 Å². The number of hydrogen-bond acceptors (Lipinski definition) is 3. The van der Waals surface area contributed by atoms with Crippen molar-refractivity contribution in [1.82, 2.24) is 10.0 Å². The molecule has 1 aliphatic heterocycles. The quantitative estimate of drug-likeness (QED) is 0.764. The molecule has 1 atom stereocenters. The zero-order valence-electron chi connectivity index (χ0n) is 15.2. The molecule has 0 bridgehead atoms. The molecule has 1 aromatic carbocycles. The topological polar surface area (TPSA) is 58.2 Å². The Morgan fingerprint density at radius 3 is 2.46 bits per heavy atom. The summed E-state index contributed by atoms with van der Waals surface area (Å²) in [5, 5.41) is 4.23. The van der Waals surface area contributed by atoms with Crippen molar-refractivity contribution >= 4 is 26.5 Å². The van der Waals surface area contributed by atoms with Crippen LogP contribution in [-0.2, 0) is 10.0 Å². The lowest BCUT2D eigenvalue weighted by Gasteiger charge is -2.32. The second kappa shape index (κ2) is 6.93. The molecule has 1 heterocycles. The van der Waals surface area contributed by atoms with E-state index in [2.05, 4.69) is 17.0 Å². The molecule has 26 heavy (non-hydrogen) atoms. The number of rotatable bonds is 6. The lowest BCUT2D eigenvalue weighted by atomic mass is 9.81. The van der Waals surface area contributed by atoms with Gasteiger partial charge in [-0.1, -0.05) is 56.3 Å². The minimum atomic E-state index is -3.53. The average Bonchev–Trinajstić information content (AvgIpc) is 3.23. The highest BCUT2D eigenvalue weighted by Gasteiger charge is 2.52. The number of likely N-dealkylation sites (N-methyl/N-ethyl adjacent to an activating group) is 1. The molecule has 0 aromatic heterocycles. The Kier molecular flexibility index (Phi) is 4.93. The minimum absolute atomic E-state index is 0.112. The number of hydrogen-bond donors (Lipinski definition) is 2. The first-order valence-corrected chi connectivity index (χ1v) is 11.6. The first-order valence-electron chi connectivity index (χ1n) is 9.73. The molecule has 0 amide bonds. The Balaban J connectivity index is 1.88. The summed E-state index contributed by atoms with van der Waals surface area (Å²) < 4.78 is 29.5. The largest absolute Gasteiger partial charge is 0.310 e. The third kappa shape index (κ3) is 3.35. The first-order chi connectivity index (χ1) is 12.5.